The zero-order valence-corrected chi connectivity index (χ0v) is 11.3. The molecule has 0 heterocycles. The third-order valence-corrected chi connectivity index (χ3v) is 2.46. The number of nitrogens with zero attached hydrogens (tertiary/aromatic N) is 1. The number of nitrogens with one attached hydrogen (secondary N) is 1. The summed E-state index contributed by atoms with van der Waals surface area (Å²) in [7, 11) is 0. The van der Waals surface area contributed by atoms with Crippen LogP contribution < -0.4 is 10.1 Å². The summed E-state index contributed by atoms with van der Waals surface area (Å²) >= 11 is 0. The van der Waals surface area contributed by atoms with Crippen molar-refractivity contribution < 1.29 is 19.7 Å². The van der Waals surface area contributed by atoms with Gasteiger partial charge in [0, 0.05) is 13.1 Å². The number of aliphatic hydroxyl groups is 2. The predicted octanol–water partition coefficient (Wildman–Crippen LogP) is -0.104. The van der Waals surface area contributed by atoms with Crippen molar-refractivity contribution in [2.45, 2.75) is 6.10 Å². The summed E-state index contributed by atoms with van der Waals surface area (Å²) in [6.45, 7) is 2.01. The molecule has 0 aliphatic rings. The molecule has 0 amide bonds. The molecular weight excluding hydrogens is 260 g/mol. The minimum Gasteiger partial charge on any atom is -0.491 e. The maximum Gasteiger partial charge on any atom is 0.119 e. The Morgan fingerprint density at radius 1 is 1.25 bits per heavy atom. The van der Waals surface area contributed by atoms with Gasteiger partial charge in [0.15, 0.2) is 0 Å². The van der Waals surface area contributed by atoms with Crippen molar-refractivity contribution in [3.8, 4) is 11.8 Å². The Bertz CT molecular complexity index is 403. The standard InChI is InChI=1S/C14H20N2O4/c15-9-12-1-3-14(4-2-12)20-11-13(18)10-16-5-7-19-8-6-17/h1-4,13,16-18H,5-8,10-11H2. The van der Waals surface area contributed by atoms with Crippen LogP contribution in [0.4, 0.5) is 0 Å². The fourth-order valence-corrected chi connectivity index (χ4v) is 1.46. The molecule has 110 valence electrons. The van der Waals surface area contributed by atoms with Crippen molar-refractivity contribution in [2.24, 2.45) is 0 Å². The van der Waals surface area contributed by atoms with Crippen LogP contribution in [0.25, 0.3) is 0 Å². The molecule has 1 unspecified atom stereocenters. The minimum atomic E-state index is -0.622. The number of hydrogen-bond acceptors (Lipinski definition) is 6. The molecule has 0 aliphatic carbocycles. The maximum atomic E-state index is 9.69. The van der Waals surface area contributed by atoms with Gasteiger partial charge in [-0.25, -0.2) is 0 Å². The van der Waals surface area contributed by atoms with Gasteiger partial charge in [0.25, 0.3) is 0 Å². The van der Waals surface area contributed by atoms with Crippen molar-refractivity contribution in [1.29, 1.82) is 5.26 Å². The number of ether oxygens (including phenoxy) is 2. The first-order chi connectivity index (χ1) is 9.76. The highest BCUT2D eigenvalue weighted by atomic mass is 16.5. The third kappa shape index (κ3) is 7.07. The second-order valence-electron chi connectivity index (χ2n) is 4.14. The quantitative estimate of drug-likeness (QED) is 0.518. The van der Waals surface area contributed by atoms with Crippen molar-refractivity contribution in [3.05, 3.63) is 29.8 Å². The number of nitriles is 1. The Morgan fingerprint density at radius 2 is 2.00 bits per heavy atom. The van der Waals surface area contributed by atoms with Crippen LogP contribution in [-0.4, -0.2) is 55.8 Å². The number of hydrogen-bond donors (Lipinski definition) is 3. The molecule has 0 bridgehead atoms. The largest absolute Gasteiger partial charge is 0.491 e. The Hall–Kier alpha value is -1.65. The molecule has 1 rings (SSSR count). The van der Waals surface area contributed by atoms with E-state index in [2.05, 4.69) is 5.32 Å². The minimum absolute atomic E-state index is 0.0149. The molecule has 0 saturated carbocycles. The van der Waals surface area contributed by atoms with E-state index >= 15 is 0 Å². The monoisotopic (exact) mass is 280 g/mol. The Morgan fingerprint density at radius 3 is 2.65 bits per heavy atom. The molecule has 0 aromatic heterocycles. The third-order valence-electron chi connectivity index (χ3n) is 2.46. The van der Waals surface area contributed by atoms with Crippen molar-refractivity contribution in [3.63, 3.8) is 0 Å². The molecule has 0 fully saturated rings. The van der Waals surface area contributed by atoms with Gasteiger partial charge in [-0.05, 0) is 24.3 Å². The SMILES string of the molecule is N#Cc1ccc(OCC(O)CNCCOCCO)cc1. The van der Waals surface area contributed by atoms with Crippen LogP contribution in [0.15, 0.2) is 24.3 Å². The molecule has 0 aliphatic heterocycles. The molecule has 3 N–H and O–H groups in total. The summed E-state index contributed by atoms with van der Waals surface area (Å²) in [5, 5.41) is 29.9. The van der Waals surface area contributed by atoms with Gasteiger partial charge in [-0.2, -0.15) is 5.26 Å². The first-order valence-electron chi connectivity index (χ1n) is 6.46. The highest BCUT2D eigenvalue weighted by Gasteiger charge is 2.04. The van der Waals surface area contributed by atoms with Crippen molar-refractivity contribution in [1.82, 2.24) is 5.32 Å². The molecule has 6 nitrogen and oxygen atoms in total. The fourth-order valence-electron chi connectivity index (χ4n) is 1.46. The maximum absolute atomic E-state index is 9.69. The van der Waals surface area contributed by atoms with Crippen LogP contribution in [0.1, 0.15) is 5.56 Å². The molecule has 0 radical (unpaired) electrons. The van der Waals surface area contributed by atoms with E-state index in [0.29, 0.717) is 37.6 Å². The summed E-state index contributed by atoms with van der Waals surface area (Å²) in [5.74, 6) is 0.620. The Balaban J connectivity index is 2.10. The van der Waals surface area contributed by atoms with Crippen LogP contribution in [0.5, 0.6) is 5.75 Å². The van der Waals surface area contributed by atoms with E-state index in [9.17, 15) is 5.11 Å². The lowest BCUT2D eigenvalue weighted by atomic mass is 10.2. The lowest BCUT2D eigenvalue weighted by molar-refractivity contribution is 0.0842. The van der Waals surface area contributed by atoms with Crippen LogP contribution >= 0.6 is 0 Å². The van der Waals surface area contributed by atoms with Crippen molar-refractivity contribution in [2.75, 3.05) is 39.5 Å². The second kappa shape index (κ2) is 10.2. The predicted molar refractivity (Wildman–Crippen MR) is 73.4 cm³/mol. The molecule has 1 atom stereocenters. The zero-order chi connectivity index (χ0) is 14.6. The normalized spacial score (nSPS) is 11.8. The topological polar surface area (TPSA) is 94.7 Å². The van der Waals surface area contributed by atoms with Gasteiger partial charge in [-0.15, -0.1) is 0 Å². The second-order valence-corrected chi connectivity index (χ2v) is 4.14. The van der Waals surface area contributed by atoms with E-state index in [1.807, 2.05) is 6.07 Å². The van der Waals surface area contributed by atoms with Gasteiger partial charge in [-0.3, -0.25) is 0 Å². The number of aliphatic hydroxyl groups excluding tert-OH is 2. The fraction of sp³-hybridized carbons (Fsp3) is 0.500. The molecule has 1 aromatic carbocycles. The lowest BCUT2D eigenvalue weighted by Crippen LogP contribution is -2.33. The van der Waals surface area contributed by atoms with E-state index in [1.165, 1.54) is 0 Å². The molecule has 1 aromatic rings. The van der Waals surface area contributed by atoms with E-state index in [1.54, 1.807) is 24.3 Å². The Kier molecular flexibility index (Phi) is 8.35. The van der Waals surface area contributed by atoms with Crippen LogP contribution in [0, 0.1) is 11.3 Å². The lowest BCUT2D eigenvalue weighted by Gasteiger charge is -2.13. The summed E-state index contributed by atoms with van der Waals surface area (Å²) in [4.78, 5) is 0. The van der Waals surface area contributed by atoms with Gasteiger partial charge >= 0.3 is 0 Å². The summed E-state index contributed by atoms with van der Waals surface area (Å²) < 4.78 is 10.5. The van der Waals surface area contributed by atoms with Gasteiger partial charge in [0.05, 0.1) is 31.5 Å². The van der Waals surface area contributed by atoms with Crippen LogP contribution in [0.2, 0.25) is 0 Å². The number of rotatable bonds is 10. The van der Waals surface area contributed by atoms with Gasteiger partial charge in [-0.1, -0.05) is 0 Å². The smallest absolute Gasteiger partial charge is 0.119 e. The van der Waals surface area contributed by atoms with E-state index in [-0.39, 0.29) is 13.2 Å². The summed E-state index contributed by atoms with van der Waals surface area (Å²) in [6.07, 6.45) is -0.622. The average Bonchev–Trinajstić information content (AvgIpc) is 2.49. The molecule has 0 spiro atoms. The number of benzene rings is 1. The molecule has 6 heteroatoms. The van der Waals surface area contributed by atoms with Gasteiger partial charge in [0.1, 0.15) is 18.5 Å². The highest BCUT2D eigenvalue weighted by molar-refractivity contribution is 5.34. The van der Waals surface area contributed by atoms with Crippen LogP contribution in [0.3, 0.4) is 0 Å². The van der Waals surface area contributed by atoms with E-state index in [4.69, 9.17) is 19.8 Å². The van der Waals surface area contributed by atoms with Crippen molar-refractivity contribution >= 4 is 0 Å². The van der Waals surface area contributed by atoms with Gasteiger partial charge < -0.3 is 25.0 Å². The first kappa shape index (κ1) is 16.4. The molecule has 0 saturated heterocycles. The highest BCUT2D eigenvalue weighted by Crippen LogP contribution is 2.11. The zero-order valence-electron chi connectivity index (χ0n) is 11.3. The summed E-state index contributed by atoms with van der Waals surface area (Å²) in [6, 6.07) is 8.75. The molecule has 20 heavy (non-hydrogen) atoms. The molecular formula is C14H20N2O4. The van der Waals surface area contributed by atoms with E-state index < -0.39 is 6.10 Å². The van der Waals surface area contributed by atoms with E-state index in [0.717, 1.165) is 0 Å². The van der Waals surface area contributed by atoms with Crippen LogP contribution in [-0.2, 0) is 4.74 Å². The Labute approximate surface area is 118 Å². The first-order valence-corrected chi connectivity index (χ1v) is 6.46. The van der Waals surface area contributed by atoms with Gasteiger partial charge in [0.2, 0.25) is 0 Å². The average molecular weight is 280 g/mol. The summed E-state index contributed by atoms with van der Waals surface area (Å²) in [5.41, 5.74) is 0.572.